The molecule has 35 heavy (non-hydrogen) atoms. The summed E-state index contributed by atoms with van der Waals surface area (Å²) in [5, 5.41) is 8.42. The van der Waals surface area contributed by atoms with E-state index >= 15 is 0 Å². The van der Waals surface area contributed by atoms with E-state index in [9.17, 15) is 4.79 Å². The lowest BCUT2D eigenvalue weighted by atomic mass is 9.95. The number of aromatic nitrogens is 2. The average Bonchev–Trinajstić information content (AvgIpc) is 3.34. The Hall–Kier alpha value is -3.03. The van der Waals surface area contributed by atoms with E-state index in [-0.39, 0.29) is 5.91 Å². The molecule has 184 valence electrons. The molecule has 0 saturated carbocycles. The predicted octanol–water partition coefficient (Wildman–Crippen LogP) is 4.67. The third kappa shape index (κ3) is 5.46. The number of carbonyl (C=O) groups excluding carboxylic acids is 1. The lowest BCUT2D eigenvalue weighted by molar-refractivity contribution is -0.0728. The highest BCUT2D eigenvalue weighted by molar-refractivity contribution is 5.94. The molecule has 2 aliphatic rings. The molecule has 2 saturated heterocycles. The van der Waals surface area contributed by atoms with Crippen LogP contribution in [0.2, 0.25) is 0 Å². The zero-order valence-electron chi connectivity index (χ0n) is 20.8. The SMILES string of the molecule is Cc1ccccc1-c1nnc(-c2ccc(C(=O)N3CCC(CN4CC(C)OC(C)C4)CC3)cc2)o1. The minimum Gasteiger partial charge on any atom is -0.416 e. The number of likely N-dealkylation sites (tertiary alicyclic amines) is 1. The highest BCUT2D eigenvalue weighted by atomic mass is 16.5. The van der Waals surface area contributed by atoms with Crippen LogP contribution in [0.5, 0.6) is 0 Å². The van der Waals surface area contributed by atoms with Gasteiger partial charge in [0.25, 0.3) is 5.91 Å². The predicted molar refractivity (Wildman–Crippen MR) is 135 cm³/mol. The first-order valence-corrected chi connectivity index (χ1v) is 12.6. The van der Waals surface area contributed by atoms with Gasteiger partial charge < -0.3 is 14.1 Å². The maximum Gasteiger partial charge on any atom is 0.253 e. The second-order valence-electron chi connectivity index (χ2n) is 10.0. The third-order valence-electron chi connectivity index (χ3n) is 7.09. The Morgan fingerprint density at radius 2 is 1.60 bits per heavy atom. The second kappa shape index (κ2) is 10.3. The van der Waals surface area contributed by atoms with Gasteiger partial charge in [0.15, 0.2) is 0 Å². The third-order valence-corrected chi connectivity index (χ3v) is 7.09. The van der Waals surface area contributed by atoms with Crippen molar-refractivity contribution in [2.24, 2.45) is 5.92 Å². The molecule has 2 unspecified atom stereocenters. The summed E-state index contributed by atoms with van der Waals surface area (Å²) in [5.74, 6) is 1.69. The monoisotopic (exact) mass is 474 g/mol. The van der Waals surface area contributed by atoms with Crippen molar-refractivity contribution in [1.82, 2.24) is 20.0 Å². The second-order valence-corrected chi connectivity index (χ2v) is 10.0. The molecule has 0 bridgehead atoms. The smallest absolute Gasteiger partial charge is 0.253 e. The maximum atomic E-state index is 13.1. The highest BCUT2D eigenvalue weighted by Gasteiger charge is 2.28. The van der Waals surface area contributed by atoms with E-state index in [0.29, 0.717) is 35.5 Å². The van der Waals surface area contributed by atoms with Gasteiger partial charge in [0.05, 0.1) is 12.2 Å². The van der Waals surface area contributed by atoms with Gasteiger partial charge >= 0.3 is 0 Å². The summed E-state index contributed by atoms with van der Waals surface area (Å²) < 4.78 is 11.8. The molecule has 3 heterocycles. The normalized spacial score (nSPS) is 21.9. The Balaban J connectivity index is 1.17. The van der Waals surface area contributed by atoms with Gasteiger partial charge in [-0.2, -0.15) is 0 Å². The van der Waals surface area contributed by atoms with E-state index in [4.69, 9.17) is 9.15 Å². The van der Waals surface area contributed by atoms with Crippen LogP contribution in [0.15, 0.2) is 52.9 Å². The lowest BCUT2D eigenvalue weighted by Crippen LogP contribution is -2.48. The summed E-state index contributed by atoms with van der Waals surface area (Å²) in [7, 11) is 0. The average molecular weight is 475 g/mol. The molecule has 3 aromatic rings. The first kappa shape index (κ1) is 23.7. The van der Waals surface area contributed by atoms with Gasteiger partial charge in [-0.3, -0.25) is 9.69 Å². The topological polar surface area (TPSA) is 71.7 Å². The molecule has 0 N–H and O–H groups in total. The highest BCUT2D eigenvalue weighted by Crippen LogP contribution is 2.27. The minimum atomic E-state index is 0.0924. The van der Waals surface area contributed by atoms with Crippen LogP contribution < -0.4 is 0 Å². The number of morpholine rings is 1. The quantitative estimate of drug-likeness (QED) is 0.535. The summed E-state index contributed by atoms with van der Waals surface area (Å²) >= 11 is 0. The van der Waals surface area contributed by atoms with Crippen molar-refractivity contribution in [3.05, 3.63) is 59.7 Å². The Labute approximate surface area is 207 Å². The molecule has 2 atom stereocenters. The number of piperidine rings is 1. The summed E-state index contributed by atoms with van der Waals surface area (Å²) in [4.78, 5) is 17.6. The Kier molecular flexibility index (Phi) is 6.97. The van der Waals surface area contributed by atoms with Crippen molar-refractivity contribution < 1.29 is 13.9 Å². The van der Waals surface area contributed by atoms with Gasteiger partial charge in [0.2, 0.25) is 11.8 Å². The van der Waals surface area contributed by atoms with Gasteiger partial charge in [0, 0.05) is 49.4 Å². The number of hydrogen-bond acceptors (Lipinski definition) is 6. The number of rotatable bonds is 5. The van der Waals surface area contributed by atoms with Crippen LogP contribution >= 0.6 is 0 Å². The Bertz CT molecular complexity index is 1140. The number of ether oxygens (including phenoxy) is 1. The minimum absolute atomic E-state index is 0.0924. The number of nitrogens with zero attached hydrogens (tertiary/aromatic N) is 4. The van der Waals surface area contributed by atoms with Gasteiger partial charge in [-0.1, -0.05) is 18.2 Å². The number of aryl methyl sites for hydroxylation is 1. The van der Waals surface area contributed by atoms with Crippen LogP contribution in [0.1, 0.15) is 42.6 Å². The summed E-state index contributed by atoms with van der Waals surface area (Å²) in [6, 6.07) is 15.4. The van der Waals surface area contributed by atoms with E-state index in [1.165, 1.54) is 0 Å². The Morgan fingerprint density at radius 1 is 0.943 bits per heavy atom. The molecule has 0 spiro atoms. The number of amides is 1. The Morgan fingerprint density at radius 3 is 2.29 bits per heavy atom. The standard InChI is InChI=1S/C28H34N4O3/c1-19-6-4-5-7-25(19)27-30-29-26(35-27)23-8-10-24(11-9-23)28(33)32-14-12-22(13-15-32)18-31-16-20(2)34-21(3)17-31/h4-11,20-22H,12-18H2,1-3H3. The molecule has 2 aromatic carbocycles. The van der Waals surface area contributed by atoms with E-state index in [0.717, 1.165) is 62.3 Å². The zero-order chi connectivity index (χ0) is 24.4. The van der Waals surface area contributed by atoms with Gasteiger partial charge in [0.1, 0.15) is 0 Å². The molecular weight excluding hydrogens is 440 g/mol. The van der Waals surface area contributed by atoms with Gasteiger partial charge in [-0.15, -0.1) is 10.2 Å². The summed E-state index contributed by atoms with van der Waals surface area (Å²) in [6.45, 7) is 11.0. The number of hydrogen-bond donors (Lipinski definition) is 0. The molecule has 0 aliphatic carbocycles. The van der Waals surface area contributed by atoms with Crippen molar-refractivity contribution in [2.75, 3.05) is 32.7 Å². The molecular formula is C28H34N4O3. The maximum absolute atomic E-state index is 13.1. The van der Waals surface area contributed by atoms with Crippen LogP contribution in [0.3, 0.4) is 0 Å². The first-order chi connectivity index (χ1) is 17.0. The molecule has 0 radical (unpaired) electrons. The summed E-state index contributed by atoms with van der Waals surface area (Å²) in [6.07, 6.45) is 2.69. The van der Waals surface area contributed by atoms with E-state index in [1.807, 2.05) is 60.4 Å². The first-order valence-electron chi connectivity index (χ1n) is 12.6. The number of benzene rings is 2. The number of carbonyl (C=O) groups is 1. The van der Waals surface area contributed by atoms with E-state index in [2.05, 4.69) is 28.9 Å². The molecule has 1 aromatic heterocycles. The van der Waals surface area contributed by atoms with Crippen LogP contribution in [0.25, 0.3) is 22.9 Å². The lowest BCUT2D eigenvalue weighted by Gasteiger charge is -2.39. The van der Waals surface area contributed by atoms with E-state index in [1.54, 1.807) is 0 Å². The van der Waals surface area contributed by atoms with Gasteiger partial charge in [-0.25, -0.2) is 0 Å². The fourth-order valence-corrected chi connectivity index (χ4v) is 5.32. The molecule has 2 fully saturated rings. The van der Waals surface area contributed by atoms with Crippen molar-refractivity contribution >= 4 is 5.91 Å². The molecule has 7 heteroatoms. The fourth-order valence-electron chi connectivity index (χ4n) is 5.32. The van der Waals surface area contributed by atoms with Crippen LogP contribution in [-0.4, -0.2) is 70.8 Å². The van der Waals surface area contributed by atoms with Crippen LogP contribution in [0.4, 0.5) is 0 Å². The molecule has 7 nitrogen and oxygen atoms in total. The fraction of sp³-hybridized carbons (Fsp3) is 0.464. The van der Waals surface area contributed by atoms with Gasteiger partial charge in [-0.05, 0) is 75.4 Å². The largest absolute Gasteiger partial charge is 0.416 e. The molecule has 1 amide bonds. The van der Waals surface area contributed by atoms with Crippen molar-refractivity contribution in [3.63, 3.8) is 0 Å². The van der Waals surface area contributed by atoms with Crippen molar-refractivity contribution in [2.45, 2.75) is 45.8 Å². The molecule has 2 aliphatic heterocycles. The van der Waals surface area contributed by atoms with Crippen molar-refractivity contribution in [3.8, 4) is 22.9 Å². The molecule has 5 rings (SSSR count). The van der Waals surface area contributed by atoms with E-state index < -0.39 is 0 Å². The van der Waals surface area contributed by atoms with Crippen LogP contribution in [-0.2, 0) is 4.74 Å². The zero-order valence-corrected chi connectivity index (χ0v) is 20.8. The van der Waals surface area contributed by atoms with Crippen molar-refractivity contribution in [1.29, 1.82) is 0 Å². The summed E-state index contributed by atoms with van der Waals surface area (Å²) in [5.41, 5.74) is 3.52. The van der Waals surface area contributed by atoms with Crippen LogP contribution in [0, 0.1) is 12.8 Å².